The Morgan fingerprint density at radius 2 is 2.22 bits per heavy atom. The molecular formula is C12H20N4O2. The zero-order valence-corrected chi connectivity index (χ0v) is 10.7. The lowest BCUT2D eigenvalue weighted by molar-refractivity contribution is 0.1000. The summed E-state index contributed by atoms with van der Waals surface area (Å²) in [6.45, 7) is 5.44. The number of anilines is 1. The van der Waals surface area contributed by atoms with E-state index in [4.69, 9.17) is 10.8 Å². The van der Waals surface area contributed by atoms with Gasteiger partial charge in [-0.3, -0.25) is 4.79 Å². The number of carbonyl (C=O) groups excluding carboxylic acids is 1. The Morgan fingerprint density at radius 1 is 1.50 bits per heavy atom. The first-order valence-electron chi connectivity index (χ1n) is 5.90. The van der Waals surface area contributed by atoms with Gasteiger partial charge in [-0.2, -0.15) is 0 Å². The molecule has 5 N–H and O–H groups in total. The van der Waals surface area contributed by atoms with Gasteiger partial charge in [0.15, 0.2) is 0 Å². The summed E-state index contributed by atoms with van der Waals surface area (Å²) in [4.78, 5) is 15.3. The summed E-state index contributed by atoms with van der Waals surface area (Å²) >= 11 is 0. The number of hydrogen-bond donors (Lipinski definition) is 4. The van der Waals surface area contributed by atoms with Crippen molar-refractivity contribution in [2.75, 3.05) is 25.0 Å². The van der Waals surface area contributed by atoms with Crippen LogP contribution in [0.5, 0.6) is 0 Å². The topological polar surface area (TPSA) is 100 Å². The van der Waals surface area contributed by atoms with Crippen LogP contribution in [0.1, 0.15) is 23.0 Å². The number of aliphatic hydroxyl groups is 1. The number of amides is 1. The fourth-order valence-corrected chi connectivity index (χ4v) is 1.49. The fraction of sp³-hybridized carbons (Fsp3) is 0.500. The maximum Gasteiger partial charge on any atom is 0.248 e. The number of hydrogen-bond acceptors (Lipinski definition) is 5. The van der Waals surface area contributed by atoms with Crippen LogP contribution in [0.25, 0.3) is 0 Å². The number of primary amides is 1. The number of nitrogens with two attached hydrogens (primary N) is 1. The van der Waals surface area contributed by atoms with Gasteiger partial charge in [-0.25, -0.2) is 4.98 Å². The molecule has 1 amide bonds. The van der Waals surface area contributed by atoms with Gasteiger partial charge in [0.1, 0.15) is 5.82 Å². The van der Waals surface area contributed by atoms with E-state index >= 15 is 0 Å². The first-order valence-corrected chi connectivity index (χ1v) is 5.90. The van der Waals surface area contributed by atoms with E-state index in [0.717, 1.165) is 5.69 Å². The molecule has 1 atom stereocenters. The molecule has 0 saturated heterocycles. The molecule has 1 aromatic rings. The molecule has 0 aromatic carbocycles. The minimum Gasteiger partial charge on any atom is -0.392 e. The molecule has 0 aliphatic carbocycles. The number of aryl methyl sites for hydroxylation is 1. The van der Waals surface area contributed by atoms with Gasteiger partial charge < -0.3 is 21.5 Å². The molecule has 0 aliphatic heterocycles. The predicted octanol–water partition coefficient (Wildman–Crippen LogP) is -0.129. The monoisotopic (exact) mass is 252 g/mol. The summed E-state index contributed by atoms with van der Waals surface area (Å²) in [5.74, 6) is 0.165. The summed E-state index contributed by atoms with van der Waals surface area (Å²) < 4.78 is 0. The van der Waals surface area contributed by atoms with Crippen molar-refractivity contribution in [1.29, 1.82) is 0 Å². The average Bonchev–Trinajstić information content (AvgIpc) is 2.27. The second-order valence-electron chi connectivity index (χ2n) is 4.23. The lowest BCUT2D eigenvalue weighted by Crippen LogP contribution is -2.29. The predicted molar refractivity (Wildman–Crippen MR) is 70.5 cm³/mol. The minimum atomic E-state index is -0.462. The van der Waals surface area contributed by atoms with E-state index in [0.29, 0.717) is 31.0 Å². The number of aromatic nitrogens is 1. The highest BCUT2D eigenvalue weighted by Gasteiger charge is 2.04. The largest absolute Gasteiger partial charge is 0.392 e. The van der Waals surface area contributed by atoms with Crippen molar-refractivity contribution in [3.63, 3.8) is 0 Å². The average molecular weight is 252 g/mol. The number of nitrogens with zero attached hydrogens (tertiary/aromatic N) is 1. The highest BCUT2D eigenvalue weighted by Crippen LogP contribution is 2.09. The number of carbonyl (C=O) groups is 1. The number of rotatable bonds is 7. The second kappa shape index (κ2) is 6.93. The third-order valence-corrected chi connectivity index (χ3v) is 2.29. The van der Waals surface area contributed by atoms with Crippen LogP contribution in [0.3, 0.4) is 0 Å². The summed E-state index contributed by atoms with van der Waals surface area (Å²) in [5.41, 5.74) is 6.41. The van der Waals surface area contributed by atoms with Crippen molar-refractivity contribution in [3.8, 4) is 0 Å². The summed E-state index contributed by atoms with van der Waals surface area (Å²) in [7, 11) is 0. The van der Waals surface area contributed by atoms with Gasteiger partial charge >= 0.3 is 0 Å². The summed E-state index contributed by atoms with van der Waals surface area (Å²) in [6.07, 6.45) is -0.358. The minimum absolute atomic E-state index is 0.358. The standard InChI is InChI=1S/C12H20N4O2/c1-8-5-10(12(13)18)6-11(16-8)15-4-3-14-7-9(2)17/h5-6,9,14,17H,3-4,7H2,1-2H3,(H2,13,18)(H,15,16). The summed E-state index contributed by atoms with van der Waals surface area (Å²) in [6, 6.07) is 3.28. The highest BCUT2D eigenvalue weighted by molar-refractivity contribution is 5.93. The first-order chi connectivity index (χ1) is 8.49. The molecule has 1 unspecified atom stereocenters. The van der Waals surface area contributed by atoms with Crippen molar-refractivity contribution in [3.05, 3.63) is 23.4 Å². The molecule has 100 valence electrons. The number of pyridine rings is 1. The van der Waals surface area contributed by atoms with Gasteiger partial charge in [-0.1, -0.05) is 0 Å². The van der Waals surface area contributed by atoms with Gasteiger partial charge in [0, 0.05) is 30.9 Å². The van der Waals surface area contributed by atoms with Crippen molar-refractivity contribution < 1.29 is 9.90 Å². The molecule has 0 aliphatic rings. The summed E-state index contributed by atoms with van der Waals surface area (Å²) in [5, 5.41) is 15.2. The maximum absolute atomic E-state index is 11.1. The lowest BCUT2D eigenvalue weighted by Gasteiger charge is -2.09. The van der Waals surface area contributed by atoms with Gasteiger partial charge in [0.05, 0.1) is 6.10 Å². The number of aliphatic hydroxyl groups excluding tert-OH is 1. The van der Waals surface area contributed by atoms with E-state index in [2.05, 4.69) is 15.6 Å². The van der Waals surface area contributed by atoms with Gasteiger partial charge in [0.2, 0.25) is 5.91 Å². The van der Waals surface area contributed by atoms with Crippen LogP contribution < -0.4 is 16.4 Å². The van der Waals surface area contributed by atoms with E-state index in [-0.39, 0.29) is 6.10 Å². The Labute approximate surface area is 107 Å². The van der Waals surface area contributed by atoms with Crippen LogP contribution in [-0.2, 0) is 0 Å². The Hall–Kier alpha value is -1.66. The zero-order valence-electron chi connectivity index (χ0n) is 10.7. The van der Waals surface area contributed by atoms with Crippen molar-refractivity contribution in [2.24, 2.45) is 5.73 Å². The SMILES string of the molecule is Cc1cc(C(N)=O)cc(NCCNCC(C)O)n1. The Kier molecular flexibility index (Phi) is 5.54. The molecule has 18 heavy (non-hydrogen) atoms. The second-order valence-corrected chi connectivity index (χ2v) is 4.23. The third kappa shape index (κ3) is 5.11. The molecule has 6 nitrogen and oxygen atoms in total. The quantitative estimate of drug-likeness (QED) is 0.507. The van der Waals surface area contributed by atoms with E-state index < -0.39 is 5.91 Å². The van der Waals surface area contributed by atoms with Crippen LogP contribution in [0.4, 0.5) is 5.82 Å². The molecule has 1 heterocycles. The molecule has 0 saturated carbocycles. The Bertz CT molecular complexity index is 407. The molecular weight excluding hydrogens is 232 g/mol. The Balaban J connectivity index is 2.44. The van der Waals surface area contributed by atoms with Crippen LogP contribution >= 0.6 is 0 Å². The van der Waals surface area contributed by atoms with Gasteiger partial charge in [0.25, 0.3) is 0 Å². The van der Waals surface area contributed by atoms with Crippen molar-refractivity contribution in [2.45, 2.75) is 20.0 Å². The van der Waals surface area contributed by atoms with Crippen molar-refractivity contribution in [1.82, 2.24) is 10.3 Å². The van der Waals surface area contributed by atoms with E-state index in [9.17, 15) is 4.79 Å². The van der Waals surface area contributed by atoms with Gasteiger partial charge in [-0.15, -0.1) is 0 Å². The molecule has 0 bridgehead atoms. The molecule has 0 fully saturated rings. The first kappa shape index (κ1) is 14.4. The van der Waals surface area contributed by atoms with Crippen LogP contribution in [0.15, 0.2) is 12.1 Å². The normalized spacial score (nSPS) is 12.2. The molecule has 1 aromatic heterocycles. The maximum atomic E-state index is 11.1. The van der Waals surface area contributed by atoms with Crippen LogP contribution in [0.2, 0.25) is 0 Å². The molecule has 0 spiro atoms. The van der Waals surface area contributed by atoms with E-state index in [1.54, 1.807) is 19.1 Å². The number of nitrogens with one attached hydrogen (secondary N) is 2. The van der Waals surface area contributed by atoms with Crippen LogP contribution in [-0.4, -0.2) is 41.7 Å². The fourth-order valence-electron chi connectivity index (χ4n) is 1.49. The molecule has 1 rings (SSSR count). The molecule has 0 radical (unpaired) electrons. The smallest absolute Gasteiger partial charge is 0.248 e. The zero-order chi connectivity index (χ0) is 13.5. The highest BCUT2D eigenvalue weighted by atomic mass is 16.3. The molecule has 6 heteroatoms. The Morgan fingerprint density at radius 3 is 2.83 bits per heavy atom. The van der Waals surface area contributed by atoms with Crippen molar-refractivity contribution >= 4 is 11.7 Å². The van der Waals surface area contributed by atoms with Crippen LogP contribution in [0, 0.1) is 6.92 Å². The third-order valence-electron chi connectivity index (χ3n) is 2.29. The van der Waals surface area contributed by atoms with Gasteiger partial charge in [-0.05, 0) is 26.0 Å². The lowest BCUT2D eigenvalue weighted by atomic mass is 10.2. The van der Waals surface area contributed by atoms with E-state index in [1.165, 1.54) is 0 Å². The van der Waals surface area contributed by atoms with E-state index in [1.807, 2.05) is 6.92 Å².